The Morgan fingerprint density at radius 3 is 2.85 bits per heavy atom. The molecular weight excluding hydrogens is 326 g/mol. The summed E-state index contributed by atoms with van der Waals surface area (Å²) >= 11 is 0. The lowest BCUT2D eigenvalue weighted by Crippen LogP contribution is -2.23. The lowest BCUT2D eigenvalue weighted by molar-refractivity contribution is 0.0949. The predicted molar refractivity (Wildman–Crippen MR) is 99.6 cm³/mol. The summed E-state index contributed by atoms with van der Waals surface area (Å²) in [7, 11) is 0. The van der Waals surface area contributed by atoms with Crippen molar-refractivity contribution in [2.75, 3.05) is 0 Å². The first-order valence-corrected chi connectivity index (χ1v) is 8.33. The second kappa shape index (κ2) is 6.80. The van der Waals surface area contributed by atoms with Crippen LogP contribution in [-0.4, -0.2) is 15.9 Å². The molecule has 0 aliphatic carbocycles. The molecule has 3 aromatic heterocycles. The van der Waals surface area contributed by atoms with Crippen LogP contribution in [0, 0.1) is 6.92 Å². The minimum Gasteiger partial charge on any atom is -0.467 e. The molecule has 0 bridgehead atoms. The number of hydrogen-bond donors (Lipinski definition) is 1. The number of pyridine rings is 2. The van der Waals surface area contributed by atoms with E-state index in [1.165, 1.54) is 0 Å². The molecule has 26 heavy (non-hydrogen) atoms. The molecule has 0 aliphatic heterocycles. The molecule has 0 radical (unpaired) electrons. The normalized spacial score (nSPS) is 10.8. The molecule has 1 aromatic carbocycles. The molecule has 0 atom stereocenters. The van der Waals surface area contributed by atoms with Crippen molar-refractivity contribution >= 4 is 16.8 Å². The van der Waals surface area contributed by atoms with Crippen molar-refractivity contribution in [1.29, 1.82) is 0 Å². The van der Waals surface area contributed by atoms with Crippen LogP contribution in [0.2, 0.25) is 0 Å². The average molecular weight is 343 g/mol. The number of carbonyl (C=O) groups excluding carboxylic acids is 1. The van der Waals surface area contributed by atoms with E-state index in [0.29, 0.717) is 17.9 Å². The molecule has 4 rings (SSSR count). The fourth-order valence-corrected chi connectivity index (χ4v) is 2.87. The number of rotatable bonds is 4. The van der Waals surface area contributed by atoms with Gasteiger partial charge in [-0.1, -0.05) is 11.6 Å². The van der Waals surface area contributed by atoms with Gasteiger partial charge in [-0.15, -0.1) is 0 Å². The van der Waals surface area contributed by atoms with Crippen molar-refractivity contribution in [3.63, 3.8) is 0 Å². The quantitative estimate of drug-likeness (QED) is 0.605. The van der Waals surface area contributed by atoms with Crippen LogP contribution in [0.25, 0.3) is 22.2 Å². The molecule has 4 aromatic rings. The number of carbonyl (C=O) groups is 1. The number of aryl methyl sites for hydroxylation is 1. The summed E-state index contributed by atoms with van der Waals surface area (Å²) < 4.78 is 5.28. The molecule has 0 spiro atoms. The van der Waals surface area contributed by atoms with E-state index in [4.69, 9.17) is 9.40 Å². The Balaban J connectivity index is 1.77. The Labute approximate surface area is 150 Å². The van der Waals surface area contributed by atoms with Crippen LogP contribution < -0.4 is 5.32 Å². The third-order valence-electron chi connectivity index (χ3n) is 4.17. The second-order valence-corrected chi connectivity index (χ2v) is 6.08. The molecular formula is C21H17N3O2. The minimum absolute atomic E-state index is 0.162. The van der Waals surface area contributed by atoms with Crippen molar-refractivity contribution in [1.82, 2.24) is 15.3 Å². The smallest absolute Gasteiger partial charge is 0.252 e. The summed E-state index contributed by atoms with van der Waals surface area (Å²) in [6.07, 6.45) is 5.05. The van der Waals surface area contributed by atoms with Gasteiger partial charge in [0.05, 0.1) is 29.6 Å². The summed E-state index contributed by atoms with van der Waals surface area (Å²) in [6, 6.07) is 15.1. The third kappa shape index (κ3) is 3.19. The van der Waals surface area contributed by atoms with Crippen LogP contribution in [0.4, 0.5) is 0 Å². The van der Waals surface area contributed by atoms with Crippen LogP contribution >= 0.6 is 0 Å². The number of nitrogens with one attached hydrogen (secondary N) is 1. The number of furan rings is 1. The van der Waals surface area contributed by atoms with Gasteiger partial charge in [0.1, 0.15) is 5.76 Å². The van der Waals surface area contributed by atoms with E-state index in [-0.39, 0.29) is 5.91 Å². The molecule has 1 N–H and O–H groups in total. The third-order valence-corrected chi connectivity index (χ3v) is 4.17. The SMILES string of the molecule is Cc1ccc2nc(-c3cccnc3)cc(C(=O)NCc3ccco3)c2c1. The van der Waals surface area contributed by atoms with Gasteiger partial charge in [-0.3, -0.25) is 9.78 Å². The number of hydrogen-bond acceptors (Lipinski definition) is 4. The van der Waals surface area contributed by atoms with Crippen molar-refractivity contribution in [3.8, 4) is 11.3 Å². The molecule has 0 saturated heterocycles. The number of aromatic nitrogens is 2. The fraction of sp³-hybridized carbons (Fsp3) is 0.0952. The lowest BCUT2D eigenvalue weighted by atomic mass is 10.0. The van der Waals surface area contributed by atoms with Gasteiger partial charge in [0, 0.05) is 23.3 Å². The van der Waals surface area contributed by atoms with Crippen molar-refractivity contribution in [2.24, 2.45) is 0 Å². The Hall–Kier alpha value is -3.47. The number of nitrogens with zero attached hydrogens (tertiary/aromatic N) is 2. The van der Waals surface area contributed by atoms with E-state index in [2.05, 4.69) is 10.3 Å². The Bertz CT molecular complexity index is 1060. The second-order valence-electron chi connectivity index (χ2n) is 6.08. The average Bonchev–Trinajstić information content (AvgIpc) is 3.19. The minimum atomic E-state index is -0.162. The molecule has 0 aliphatic rings. The highest BCUT2D eigenvalue weighted by Gasteiger charge is 2.14. The van der Waals surface area contributed by atoms with Gasteiger partial charge < -0.3 is 9.73 Å². The topological polar surface area (TPSA) is 68.0 Å². The largest absolute Gasteiger partial charge is 0.467 e. The van der Waals surface area contributed by atoms with E-state index in [1.54, 1.807) is 24.7 Å². The highest BCUT2D eigenvalue weighted by molar-refractivity contribution is 6.07. The lowest BCUT2D eigenvalue weighted by Gasteiger charge is -2.11. The summed E-state index contributed by atoms with van der Waals surface area (Å²) in [5, 5.41) is 3.74. The van der Waals surface area contributed by atoms with Crippen molar-refractivity contribution in [3.05, 3.63) is 84.1 Å². The van der Waals surface area contributed by atoms with Gasteiger partial charge in [-0.2, -0.15) is 0 Å². The number of amides is 1. The van der Waals surface area contributed by atoms with Gasteiger partial charge in [0.2, 0.25) is 0 Å². The summed E-state index contributed by atoms with van der Waals surface area (Å²) in [4.78, 5) is 21.7. The Morgan fingerprint density at radius 2 is 2.08 bits per heavy atom. The molecule has 0 saturated carbocycles. The molecule has 128 valence electrons. The van der Waals surface area contributed by atoms with Gasteiger partial charge in [0.25, 0.3) is 5.91 Å². The predicted octanol–water partition coefficient (Wildman–Crippen LogP) is 4.13. The molecule has 1 amide bonds. The fourth-order valence-electron chi connectivity index (χ4n) is 2.87. The maximum Gasteiger partial charge on any atom is 0.252 e. The van der Waals surface area contributed by atoms with Crippen LogP contribution in [0.5, 0.6) is 0 Å². The summed E-state index contributed by atoms with van der Waals surface area (Å²) in [6.45, 7) is 2.34. The maximum absolute atomic E-state index is 12.9. The highest BCUT2D eigenvalue weighted by Crippen LogP contribution is 2.25. The van der Waals surface area contributed by atoms with E-state index in [9.17, 15) is 4.79 Å². The van der Waals surface area contributed by atoms with Gasteiger partial charge >= 0.3 is 0 Å². The van der Waals surface area contributed by atoms with Crippen molar-refractivity contribution < 1.29 is 9.21 Å². The van der Waals surface area contributed by atoms with Crippen LogP contribution in [0.1, 0.15) is 21.7 Å². The molecule has 0 fully saturated rings. The standard InChI is InChI=1S/C21H17N3O2/c1-14-6-7-19-17(10-14)18(21(25)23-13-16-5-3-9-26-16)11-20(24-19)15-4-2-8-22-12-15/h2-12H,13H2,1H3,(H,23,25). The van der Waals surface area contributed by atoms with E-state index < -0.39 is 0 Å². The Morgan fingerprint density at radius 1 is 1.15 bits per heavy atom. The molecule has 3 heterocycles. The van der Waals surface area contributed by atoms with Gasteiger partial charge in [-0.25, -0.2) is 4.98 Å². The van der Waals surface area contributed by atoms with Crippen LogP contribution in [-0.2, 0) is 6.54 Å². The van der Waals surface area contributed by atoms with Gasteiger partial charge in [0.15, 0.2) is 0 Å². The first-order valence-electron chi connectivity index (χ1n) is 8.33. The zero-order chi connectivity index (χ0) is 17.9. The molecule has 0 unspecified atom stereocenters. The van der Waals surface area contributed by atoms with E-state index >= 15 is 0 Å². The van der Waals surface area contributed by atoms with E-state index in [0.717, 1.165) is 27.7 Å². The molecule has 5 heteroatoms. The highest BCUT2D eigenvalue weighted by atomic mass is 16.3. The summed E-state index contributed by atoms with van der Waals surface area (Å²) in [5.74, 6) is 0.546. The number of benzene rings is 1. The first-order chi connectivity index (χ1) is 12.7. The van der Waals surface area contributed by atoms with Crippen LogP contribution in [0.15, 0.2) is 71.6 Å². The Kier molecular flexibility index (Phi) is 4.19. The zero-order valence-electron chi connectivity index (χ0n) is 14.3. The van der Waals surface area contributed by atoms with E-state index in [1.807, 2.05) is 49.4 Å². The zero-order valence-corrected chi connectivity index (χ0v) is 14.3. The maximum atomic E-state index is 12.9. The monoisotopic (exact) mass is 343 g/mol. The number of fused-ring (bicyclic) bond motifs is 1. The van der Waals surface area contributed by atoms with Crippen LogP contribution in [0.3, 0.4) is 0 Å². The summed E-state index contributed by atoms with van der Waals surface area (Å²) in [5.41, 5.74) is 4.03. The van der Waals surface area contributed by atoms with Crippen molar-refractivity contribution in [2.45, 2.75) is 13.5 Å². The van der Waals surface area contributed by atoms with Gasteiger partial charge in [-0.05, 0) is 49.4 Å². The first kappa shape index (κ1) is 16.0. The molecule has 5 nitrogen and oxygen atoms in total.